The molecule has 1 rings (SSSR count). The number of aromatic nitrogens is 1. The zero-order valence-electron chi connectivity index (χ0n) is 9.11. The van der Waals surface area contributed by atoms with E-state index in [4.69, 9.17) is 5.11 Å². The predicted octanol–water partition coefficient (Wildman–Crippen LogP) is -0.436. The Morgan fingerprint density at radius 2 is 2.18 bits per heavy atom. The summed E-state index contributed by atoms with van der Waals surface area (Å²) in [7, 11) is -3.96. The lowest BCUT2D eigenvalue weighted by molar-refractivity contribution is -0.141. The smallest absolute Gasteiger partial charge is 0.324 e. The molecule has 1 aromatic rings. The Labute approximate surface area is 102 Å². The molecular weight excluding hydrogens is 268 g/mol. The van der Waals surface area contributed by atoms with Gasteiger partial charge in [-0.05, 0) is 13.8 Å². The molecule has 0 radical (unpaired) electrons. The van der Waals surface area contributed by atoms with Crippen LogP contribution in [0.1, 0.15) is 11.9 Å². The molecule has 1 aromatic heterocycles. The van der Waals surface area contributed by atoms with Crippen molar-refractivity contribution in [2.75, 3.05) is 0 Å². The van der Waals surface area contributed by atoms with Gasteiger partial charge in [0.1, 0.15) is 6.04 Å². The fourth-order valence-electron chi connectivity index (χ4n) is 1.05. The van der Waals surface area contributed by atoms with Crippen LogP contribution in [0.5, 0.6) is 0 Å². The lowest BCUT2D eigenvalue weighted by atomic mass is 10.2. The van der Waals surface area contributed by atoms with Gasteiger partial charge in [-0.15, -0.1) is 11.3 Å². The topological polar surface area (TPSA) is 117 Å². The third kappa shape index (κ3) is 3.46. The molecule has 3 N–H and O–H groups in total. The van der Waals surface area contributed by atoms with Crippen molar-refractivity contribution in [1.82, 2.24) is 9.71 Å². The van der Waals surface area contributed by atoms with Crippen molar-refractivity contribution in [3.05, 3.63) is 11.2 Å². The van der Waals surface area contributed by atoms with Crippen molar-refractivity contribution in [3.8, 4) is 0 Å². The number of nitrogens with one attached hydrogen (secondary N) is 1. The normalized spacial score (nSPS) is 15.5. The maximum atomic E-state index is 11.7. The van der Waals surface area contributed by atoms with Crippen molar-refractivity contribution >= 4 is 27.3 Å². The Hall–Kier alpha value is -1.03. The molecule has 0 unspecified atom stereocenters. The summed E-state index contributed by atoms with van der Waals surface area (Å²) in [5, 5.41) is 18.5. The summed E-state index contributed by atoms with van der Waals surface area (Å²) in [6.07, 6.45) is -0.195. The summed E-state index contributed by atoms with van der Waals surface area (Å²) < 4.78 is 25.3. The first kappa shape index (κ1) is 14.0. The van der Waals surface area contributed by atoms with Gasteiger partial charge in [0.25, 0.3) is 10.0 Å². The number of rotatable bonds is 5. The Morgan fingerprint density at radius 1 is 1.59 bits per heavy atom. The number of sulfonamides is 1. The Bertz CT molecular complexity index is 508. The average Bonchev–Trinajstić information content (AvgIpc) is 2.61. The SMILES string of the molecule is Cc1ncc(S(=O)(=O)N[C@H](C(=O)O)[C@@H](C)O)s1. The molecular formula is C8H12N2O5S2. The summed E-state index contributed by atoms with van der Waals surface area (Å²) in [4.78, 5) is 14.5. The Balaban J connectivity index is 2.97. The van der Waals surface area contributed by atoms with Crippen molar-refractivity contribution < 1.29 is 23.4 Å². The second-order valence-corrected chi connectivity index (χ2v) is 6.55. The molecule has 96 valence electrons. The number of carbonyl (C=O) groups is 1. The monoisotopic (exact) mass is 280 g/mol. The quantitative estimate of drug-likeness (QED) is 0.673. The van der Waals surface area contributed by atoms with Crippen LogP contribution in [-0.2, 0) is 14.8 Å². The predicted molar refractivity (Wildman–Crippen MR) is 60.3 cm³/mol. The molecule has 1 heterocycles. The minimum atomic E-state index is -3.96. The highest BCUT2D eigenvalue weighted by Gasteiger charge is 2.30. The number of hydrogen-bond donors (Lipinski definition) is 3. The standard InChI is InChI=1S/C8H12N2O5S2/c1-4(11)7(8(12)13)10-17(14,15)6-3-9-5(2)16-6/h3-4,7,10-11H,1-2H3,(H,12,13)/t4-,7+/m1/s1. The maximum Gasteiger partial charge on any atom is 0.324 e. The van der Waals surface area contributed by atoms with E-state index in [2.05, 4.69) is 4.98 Å². The number of carboxylic acid groups (broad SMARTS) is 1. The van der Waals surface area contributed by atoms with Crippen LogP contribution in [0.2, 0.25) is 0 Å². The van der Waals surface area contributed by atoms with Crippen LogP contribution < -0.4 is 4.72 Å². The zero-order valence-corrected chi connectivity index (χ0v) is 10.7. The van der Waals surface area contributed by atoms with Crippen LogP contribution in [0.4, 0.5) is 0 Å². The van der Waals surface area contributed by atoms with Gasteiger partial charge in [-0.3, -0.25) is 4.79 Å². The van der Waals surface area contributed by atoms with Crippen LogP contribution in [0.15, 0.2) is 10.4 Å². The minimum absolute atomic E-state index is 0.0816. The van der Waals surface area contributed by atoms with Gasteiger partial charge in [-0.1, -0.05) is 0 Å². The summed E-state index contributed by atoms with van der Waals surface area (Å²) in [5.41, 5.74) is 0. The molecule has 2 atom stereocenters. The Morgan fingerprint density at radius 3 is 2.53 bits per heavy atom. The lowest BCUT2D eigenvalue weighted by Gasteiger charge is -2.16. The van der Waals surface area contributed by atoms with Crippen LogP contribution in [-0.4, -0.2) is 41.7 Å². The molecule has 0 aromatic carbocycles. The molecule has 0 saturated heterocycles. The fraction of sp³-hybridized carbons (Fsp3) is 0.500. The van der Waals surface area contributed by atoms with Gasteiger partial charge in [-0.2, -0.15) is 4.72 Å². The van der Waals surface area contributed by atoms with Crippen LogP contribution in [0, 0.1) is 6.92 Å². The number of aryl methyl sites for hydroxylation is 1. The van der Waals surface area contributed by atoms with Gasteiger partial charge in [-0.25, -0.2) is 13.4 Å². The zero-order chi connectivity index (χ0) is 13.2. The molecule has 0 aliphatic carbocycles. The van der Waals surface area contributed by atoms with Crippen molar-refractivity contribution in [2.24, 2.45) is 0 Å². The third-order valence-electron chi connectivity index (χ3n) is 1.90. The maximum absolute atomic E-state index is 11.7. The van der Waals surface area contributed by atoms with Gasteiger partial charge >= 0.3 is 5.97 Å². The number of aliphatic carboxylic acids is 1. The van der Waals surface area contributed by atoms with E-state index in [-0.39, 0.29) is 4.21 Å². The molecule has 0 amide bonds. The van der Waals surface area contributed by atoms with Crippen LogP contribution >= 0.6 is 11.3 Å². The molecule has 0 bridgehead atoms. The van der Waals surface area contributed by atoms with Crippen molar-refractivity contribution in [1.29, 1.82) is 0 Å². The van der Waals surface area contributed by atoms with E-state index >= 15 is 0 Å². The fourth-order valence-corrected chi connectivity index (χ4v) is 3.43. The average molecular weight is 280 g/mol. The van der Waals surface area contributed by atoms with E-state index in [0.29, 0.717) is 5.01 Å². The minimum Gasteiger partial charge on any atom is -0.480 e. The number of nitrogens with zero attached hydrogens (tertiary/aromatic N) is 1. The van der Waals surface area contributed by atoms with E-state index in [1.54, 1.807) is 6.92 Å². The van der Waals surface area contributed by atoms with Crippen molar-refractivity contribution in [3.63, 3.8) is 0 Å². The van der Waals surface area contributed by atoms with Crippen LogP contribution in [0.3, 0.4) is 0 Å². The number of aliphatic hydroxyl groups is 1. The van der Waals surface area contributed by atoms with E-state index in [1.165, 1.54) is 6.92 Å². The lowest BCUT2D eigenvalue weighted by Crippen LogP contribution is -2.47. The summed E-state index contributed by atoms with van der Waals surface area (Å²) in [5.74, 6) is -1.44. The van der Waals surface area contributed by atoms with Gasteiger partial charge in [0.15, 0.2) is 4.21 Å². The Kier molecular flexibility index (Phi) is 4.20. The van der Waals surface area contributed by atoms with Gasteiger partial charge in [0, 0.05) is 0 Å². The molecule has 0 aliphatic rings. The summed E-state index contributed by atoms with van der Waals surface area (Å²) in [6, 6.07) is -1.58. The second kappa shape index (κ2) is 5.08. The number of thiazole rings is 1. The second-order valence-electron chi connectivity index (χ2n) is 3.38. The molecule has 9 heteroatoms. The first-order valence-electron chi connectivity index (χ1n) is 4.59. The highest BCUT2D eigenvalue weighted by molar-refractivity contribution is 7.91. The highest BCUT2D eigenvalue weighted by atomic mass is 32.2. The van der Waals surface area contributed by atoms with Gasteiger partial charge < -0.3 is 10.2 Å². The summed E-state index contributed by atoms with van der Waals surface area (Å²) in [6.45, 7) is 2.83. The van der Waals surface area contributed by atoms with Gasteiger partial charge in [0.2, 0.25) is 0 Å². The number of carboxylic acids is 1. The van der Waals surface area contributed by atoms with E-state index in [1.807, 2.05) is 4.72 Å². The molecule has 0 aliphatic heterocycles. The molecule has 0 spiro atoms. The molecule has 0 fully saturated rings. The van der Waals surface area contributed by atoms with E-state index in [9.17, 15) is 18.3 Å². The van der Waals surface area contributed by atoms with E-state index in [0.717, 1.165) is 17.5 Å². The number of hydrogen-bond acceptors (Lipinski definition) is 6. The van der Waals surface area contributed by atoms with Gasteiger partial charge in [0.05, 0.1) is 17.3 Å². The third-order valence-corrected chi connectivity index (χ3v) is 4.71. The molecule has 17 heavy (non-hydrogen) atoms. The highest BCUT2D eigenvalue weighted by Crippen LogP contribution is 2.18. The first-order valence-corrected chi connectivity index (χ1v) is 6.89. The summed E-state index contributed by atoms with van der Waals surface area (Å²) >= 11 is 0.924. The van der Waals surface area contributed by atoms with Crippen molar-refractivity contribution in [2.45, 2.75) is 30.2 Å². The van der Waals surface area contributed by atoms with E-state index < -0.39 is 28.1 Å². The first-order chi connectivity index (χ1) is 7.74. The van der Waals surface area contributed by atoms with Crippen LogP contribution in [0.25, 0.3) is 0 Å². The molecule has 0 saturated carbocycles. The molecule has 7 nitrogen and oxygen atoms in total. The largest absolute Gasteiger partial charge is 0.480 e. The number of aliphatic hydroxyl groups excluding tert-OH is 1.